The molecule has 20 heteroatoms. The van der Waals surface area contributed by atoms with Crippen LogP contribution in [0, 0.1) is 11.8 Å². The van der Waals surface area contributed by atoms with Gasteiger partial charge in [0.25, 0.3) is 23.7 Å². The van der Waals surface area contributed by atoms with E-state index in [4.69, 9.17) is 19.9 Å². The van der Waals surface area contributed by atoms with E-state index in [0.717, 1.165) is 9.75 Å². The number of carbonyl (C=O) groups excluding carboxylic acids is 3. The van der Waals surface area contributed by atoms with E-state index >= 15 is 0 Å². The molecular formula is C34H39F4N7O7S2. The van der Waals surface area contributed by atoms with Gasteiger partial charge < -0.3 is 40.3 Å². The maximum atomic E-state index is 13.9. The molecule has 54 heavy (non-hydrogen) atoms. The van der Waals surface area contributed by atoms with Crippen LogP contribution in [0.15, 0.2) is 56.2 Å². The third-order valence-electron chi connectivity index (χ3n) is 8.82. The minimum Gasteiger partial charge on any atom is -0.481 e. The molecule has 5 N–H and O–H groups in total. The Morgan fingerprint density at radius 1 is 0.759 bits per heavy atom. The van der Waals surface area contributed by atoms with Crippen molar-refractivity contribution in [2.75, 3.05) is 52.4 Å². The Morgan fingerprint density at radius 2 is 1.19 bits per heavy atom. The number of hydrogen-bond donors (Lipinski definition) is 4. The number of hydrogen-bond acceptors (Lipinski definition) is 12. The van der Waals surface area contributed by atoms with Crippen molar-refractivity contribution in [3.8, 4) is 21.3 Å². The SMILES string of the molecule is NC(=O)C1CN(CCC(F)(F)CCNC(=O)c2cc(-c3cccs3)on2)C1.O=C(NCCC(F)(F)CCN1CC(C(=O)O)C1)c1cc(-c2cccs2)on1. The third-order valence-corrected chi connectivity index (χ3v) is 10.6. The Bertz CT molecular complexity index is 1710. The first kappa shape index (κ1) is 40.5. The largest absolute Gasteiger partial charge is 0.481 e. The summed E-state index contributed by atoms with van der Waals surface area (Å²) in [6, 6.07) is 10.3. The maximum Gasteiger partial charge on any atom is 0.309 e. The molecule has 2 aliphatic heterocycles. The molecule has 6 rings (SSSR count). The van der Waals surface area contributed by atoms with Crippen LogP contribution < -0.4 is 16.4 Å². The van der Waals surface area contributed by atoms with Crippen molar-refractivity contribution in [1.82, 2.24) is 30.7 Å². The molecule has 2 fully saturated rings. The Hall–Kier alpha value is -4.66. The number of nitrogens with zero attached hydrogens (tertiary/aromatic N) is 4. The molecule has 0 unspecified atom stereocenters. The van der Waals surface area contributed by atoms with Crippen LogP contribution in [0.4, 0.5) is 17.6 Å². The van der Waals surface area contributed by atoms with Crippen LogP contribution >= 0.6 is 22.7 Å². The minimum absolute atomic E-state index is 0.0435. The maximum absolute atomic E-state index is 13.9. The first-order valence-corrected chi connectivity index (χ1v) is 18.7. The lowest BCUT2D eigenvalue weighted by Gasteiger charge is -2.38. The summed E-state index contributed by atoms with van der Waals surface area (Å²) in [6.45, 7) is 1.45. The summed E-state index contributed by atoms with van der Waals surface area (Å²) in [6.07, 6.45) is -1.67. The number of aliphatic carboxylic acids is 1. The first-order chi connectivity index (χ1) is 25.7. The van der Waals surface area contributed by atoms with Crippen LogP contribution in [-0.4, -0.2) is 113 Å². The number of carboxylic acids is 1. The quantitative estimate of drug-likeness (QED) is 0.103. The third kappa shape index (κ3) is 11.7. The van der Waals surface area contributed by atoms with E-state index in [1.54, 1.807) is 9.80 Å². The fraction of sp³-hybridized carbons (Fsp3) is 0.471. The predicted molar refractivity (Wildman–Crippen MR) is 189 cm³/mol. The number of amides is 3. The number of nitrogens with two attached hydrogens (primary N) is 1. The predicted octanol–water partition coefficient (Wildman–Crippen LogP) is 4.53. The average Bonchev–Trinajstić information content (AvgIpc) is 3.90. The van der Waals surface area contributed by atoms with Crippen molar-refractivity contribution >= 4 is 46.4 Å². The molecule has 0 atom stereocenters. The summed E-state index contributed by atoms with van der Waals surface area (Å²) in [5.41, 5.74) is 5.25. The van der Waals surface area contributed by atoms with E-state index < -0.39 is 54.3 Å². The Morgan fingerprint density at radius 3 is 1.56 bits per heavy atom. The topological polar surface area (TPSA) is 197 Å². The summed E-state index contributed by atoms with van der Waals surface area (Å²) in [4.78, 5) is 50.7. The Labute approximate surface area is 314 Å². The molecule has 292 valence electrons. The number of aromatic nitrogens is 2. The van der Waals surface area contributed by atoms with Crippen molar-refractivity contribution in [2.45, 2.75) is 37.5 Å². The zero-order valence-corrected chi connectivity index (χ0v) is 30.5. The lowest BCUT2D eigenvalue weighted by molar-refractivity contribution is -0.148. The molecule has 6 heterocycles. The number of alkyl halides is 4. The highest BCUT2D eigenvalue weighted by molar-refractivity contribution is 7.13. The lowest BCUT2D eigenvalue weighted by Crippen LogP contribution is -2.53. The van der Waals surface area contributed by atoms with Crippen LogP contribution in [0.1, 0.15) is 46.7 Å². The molecule has 4 aromatic rings. The molecule has 4 aromatic heterocycles. The van der Waals surface area contributed by atoms with Gasteiger partial charge in [0.15, 0.2) is 22.9 Å². The van der Waals surface area contributed by atoms with E-state index in [1.165, 1.54) is 34.8 Å². The molecule has 2 saturated heterocycles. The van der Waals surface area contributed by atoms with Gasteiger partial charge in [0, 0.05) is 90.2 Å². The minimum atomic E-state index is -2.94. The standard InChI is InChI=1S/C17H20F2N4O3S.C17H19F2N3O4S/c18-17(19,4-6-23-9-11(10-23)15(20)24)3-5-21-16(25)12-8-13(26-22-12)14-2-1-7-27-14;18-17(19,4-6-22-9-11(10-22)16(24)25)3-5-20-15(23)12-8-13(26-21-12)14-2-1-7-27-14/h1-2,7-8,11H,3-6,9-10H2,(H2,20,24)(H,21,25);1-2,7-8,11H,3-6,9-10H2,(H,20,23)(H,24,25). The summed E-state index contributed by atoms with van der Waals surface area (Å²) in [7, 11) is 0. The molecule has 3 amide bonds. The van der Waals surface area contributed by atoms with Gasteiger partial charge >= 0.3 is 5.97 Å². The number of thiophene rings is 2. The zero-order valence-electron chi connectivity index (χ0n) is 28.9. The molecule has 0 bridgehead atoms. The van der Waals surface area contributed by atoms with E-state index in [-0.39, 0.29) is 56.3 Å². The average molecular weight is 798 g/mol. The van der Waals surface area contributed by atoms with E-state index in [1.807, 2.05) is 35.0 Å². The van der Waals surface area contributed by atoms with Gasteiger partial charge in [-0.15, -0.1) is 22.7 Å². The number of carboxylic acid groups (broad SMARTS) is 1. The number of carbonyl (C=O) groups is 4. The van der Waals surface area contributed by atoms with Crippen LogP contribution in [-0.2, 0) is 9.59 Å². The van der Waals surface area contributed by atoms with Gasteiger partial charge in [-0.25, -0.2) is 17.6 Å². The van der Waals surface area contributed by atoms with Gasteiger partial charge in [-0.3, -0.25) is 19.2 Å². The summed E-state index contributed by atoms with van der Waals surface area (Å²) in [5, 5.41) is 24.7. The lowest BCUT2D eigenvalue weighted by atomic mass is 9.99. The molecule has 0 aliphatic carbocycles. The van der Waals surface area contributed by atoms with Gasteiger partial charge in [0.05, 0.1) is 21.6 Å². The molecule has 0 spiro atoms. The van der Waals surface area contributed by atoms with Gasteiger partial charge in [0.2, 0.25) is 5.91 Å². The van der Waals surface area contributed by atoms with Gasteiger partial charge in [0.1, 0.15) is 0 Å². The Kier molecular flexibility index (Phi) is 13.6. The highest BCUT2D eigenvalue weighted by Gasteiger charge is 2.36. The normalized spacial score (nSPS) is 15.5. The van der Waals surface area contributed by atoms with Crippen molar-refractivity contribution in [3.05, 3.63) is 58.5 Å². The summed E-state index contributed by atoms with van der Waals surface area (Å²) >= 11 is 2.88. The fourth-order valence-electron chi connectivity index (χ4n) is 5.47. The fourth-order valence-corrected chi connectivity index (χ4v) is 6.81. The van der Waals surface area contributed by atoms with Crippen LogP contribution in [0.2, 0.25) is 0 Å². The van der Waals surface area contributed by atoms with Crippen molar-refractivity contribution in [2.24, 2.45) is 17.6 Å². The van der Waals surface area contributed by atoms with Crippen molar-refractivity contribution < 1.29 is 50.9 Å². The van der Waals surface area contributed by atoms with Crippen LogP contribution in [0.5, 0.6) is 0 Å². The second kappa shape index (κ2) is 18.1. The highest BCUT2D eigenvalue weighted by atomic mass is 32.1. The number of rotatable bonds is 18. The van der Waals surface area contributed by atoms with Crippen molar-refractivity contribution in [1.29, 1.82) is 0 Å². The first-order valence-electron chi connectivity index (χ1n) is 17.0. The molecule has 0 saturated carbocycles. The smallest absolute Gasteiger partial charge is 0.309 e. The van der Waals surface area contributed by atoms with Crippen LogP contribution in [0.3, 0.4) is 0 Å². The highest BCUT2D eigenvalue weighted by Crippen LogP contribution is 2.28. The van der Waals surface area contributed by atoms with E-state index in [2.05, 4.69) is 20.9 Å². The van der Waals surface area contributed by atoms with E-state index in [0.29, 0.717) is 37.7 Å². The molecule has 2 aliphatic rings. The summed E-state index contributed by atoms with van der Waals surface area (Å²) < 4.78 is 65.9. The second-order valence-corrected chi connectivity index (χ2v) is 14.9. The van der Waals surface area contributed by atoms with Gasteiger partial charge in [-0.05, 0) is 22.9 Å². The number of nitrogens with one attached hydrogen (secondary N) is 2. The number of primary amides is 1. The van der Waals surface area contributed by atoms with Crippen LogP contribution in [0.25, 0.3) is 21.3 Å². The summed E-state index contributed by atoms with van der Waals surface area (Å²) in [5.74, 6) is -8.02. The second-order valence-electron chi connectivity index (χ2n) is 13.0. The molecular weight excluding hydrogens is 759 g/mol. The van der Waals surface area contributed by atoms with E-state index in [9.17, 15) is 36.7 Å². The molecule has 0 radical (unpaired) electrons. The van der Waals surface area contributed by atoms with Crippen molar-refractivity contribution in [3.63, 3.8) is 0 Å². The zero-order chi connectivity index (χ0) is 38.9. The number of halogens is 4. The Balaban J connectivity index is 0.000000208. The van der Waals surface area contributed by atoms with Gasteiger partial charge in [-0.1, -0.05) is 22.4 Å². The van der Waals surface area contributed by atoms with Gasteiger partial charge in [-0.2, -0.15) is 0 Å². The monoisotopic (exact) mass is 797 g/mol. The number of likely N-dealkylation sites (tertiary alicyclic amines) is 2. The molecule has 14 nitrogen and oxygen atoms in total. The molecule has 0 aromatic carbocycles.